The Bertz CT molecular complexity index is 288. The number of halogens is 1. The van der Waals surface area contributed by atoms with E-state index in [-0.39, 0.29) is 10.8 Å². The second-order valence-corrected chi connectivity index (χ2v) is 6.41. The quantitative estimate of drug-likeness (QED) is 0.738. The SMILES string of the molecule is O=C(O)CC12CC3CC(CC(C3)C1Cl)C2. The highest BCUT2D eigenvalue weighted by molar-refractivity contribution is 6.21. The standard InChI is InChI=1S/C12H17ClO2/c13-11-9-2-7-1-8(3-9)5-12(11,4-7)6-10(14)15/h7-9,11H,1-6H2,(H,14,15). The van der Waals surface area contributed by atoms with Crippen LogP contribution in [0.2, 0.25) is 0 Å². The van der Waals surface area contributed by atoms with Crippen LogP contribution in [-0.2, 0) is 4.79 Å². The van der Waals surface area contributed by atoms with Gasteiger partial charge in [0, 0.05) is 5.38 Å². The summed E-state index contributed by atoms with van der Waals surface area (Å²) < 4.78 is 0. The Morgan fingerprint density at radius 3 is 2.40 bits per heavy atom. The molecule has 4 fully saturated rings. The number of hydrogen-bond acceptors (Lipinski definition) is 1. The Hall–Kier alpha value is -0.240. The molecule has 0 heterocycles. The average Bonchev–Trinajstić information content (AvgIpc) is 2.11. The van der Waals surface area contributed by atoms with Crippen molar-refractivity contribution in [2.24, 2.45) is 23.2 Å². The first-order valence-corrected chi connectivity index (χ1v) is 6.38. The van der Waals surface area contributed by atoms with Crippen LogP contribution in [-0.4, -0.2) is 16.5 Å². The topological polar surface area (TPSA) is 37.3 Å². The maximum Gasteiger partial charge on any atom is 0.303 e. The van der Waals surface area contributed by atoms with Gasteiger partial charge in [0.1, 0.15) is 0 Å². The zero-order chi connectivity index (χ0) is 10.6. The molecular weight excluding hydrogens is 212 g/mol. The van der Waals surface area contributed by atoms with E-state index in [1.807, 2.05) is 0 Å². The number of carboxylic acid groups (broad SMARTS) is 1. The molecule has 4 bridgehead atoms. The fraction of sp³-hybridized carbons (Fsp3) is 0.917. The van der Waals surface area contributed by atoms with Gasteiger partial charge >= 0.3 is 5.97 Å². The third-order valence-electron chi connectivity index (χ3n) is 4.83. The van der Waals surface area contributed by atoms with Crippen LogP contribution in [0, 0.1) is 23.2 Å². The third kappa shape index (κ3) is 1.41. The number of hydrogen-bond donors (Lipinski definition) is 1. The summed E-state index contributed by atoms with van der Waals surface area (Å²) in [5, 5.41) is 9.16. The largest absolute Gasteiger partial charge is 0.481 e. The van der Waals surface area contributed by atoms with Crippen LogP contribution in [0.4, 0.5) is 0 Å². The molecule has 3 atom stereocenters. The van der Waals surface area contributed by atoms with Crippen molar-refractivity contribution in [1.82, 2.24) is 0 Å². The third-order valence-corrected chi connectivity index (χ3v) is 5.65. The van der Waals surface area contributed by atoms with Gasteiger partial charge in [-0.25, -0.2) is 0 Å². The Kier molecular flexibility index (Phi) is 2.08. The van der Waals surface area contributed by atoms with Crippen molar-refractivity contribution in [3.8, 4) is 0 Å². The van der Waals surface area contributed by atoms with Gasteiger partial charge in [-0.1, -0.05) is 0 Å². The van der Waals surface area contributed by atoms with Crippen molar-refractivity contribution in [3.05, 3.63) is 0 Å². The maximum atomic E-state index is 11.0. The van der Waals surface area contributed by atoms with Crippen LogP contribution >= 0.6 is 11.6 Å². The summed E-state index contributed by atoms with van der Waals surface area (Å²) in [6.45, 7) is 0. The molecular formula is C12H17ClO2. The first kappa shape index (κ1) is 9.95. The Morgan fingerprint density at radius 2 is 1.87 bits per heavy atom. The molecule has 2 nitrogen and oxygen atoms in total. The van der Waals surface area contributed by atoms with E-state index in [2.05, 4.69) is 0 Å². The lowest BCUT2D eigenvalue weighted by Crippen LogP contribution is -2.54. The zero-order valence-electron chi connectivity index (χ0n) is 8.79. The summed E-state index contributed by atoms with van der Waals surface area (Å²) in [5.74, 6) is 1.49. The normalized spacial score (nSPS) is 52.1. The van der Waals surface area contributed by atoms with E-state index < -0.39 is 5.97 Å². The van der Waals surface area contributed by atoms with Crippen LogP contribution in [0.15, 0.2) is 0 Å². The fourth-order valence-electron chi connectivity index (χ4n) is 4.69. The minimum absolute atomic E-state index is 0.0534. The molecule has 1 N–H and O–H groups in total. The molecule has 4 aliphatic carbocycles. The predicted octanol–water partition coefficient (Wildman–Crippen LogP) is 2.89. The molecule has 0 amide bonds. The minimum atomic E-state index is -0.664. The van der Waals surface area contributed by atoms with E-state index in [9.17, 15) is 4.79 Å². The van der Waals surface area contributed by atoms with Crippen molar-refractivity contribution >= 4 is 17.6 Å². The molecule has 0 aromatic rings. The van der Waals surface area contributed by atoms with E-state index in [0.29, 0.717) is 12.3 Å². The summed E-state index contributed by atoms with van der Waals surface area (Å²) in [7, 11) is 0. The molecule has 4 rings (SSSR count). The van der Waals surface area contributed by atoms with Gasteiger partial charge in [-0.3, -0.25) is 4.79 Å². The lowest BCUT2D eigenvalue weighted by atomic mass is 9.48. The first-order chi connectivity index (χ1) is 7.09. The van der Waals surface area contributed by atoms with E-state index in [0.717, 1.165) is 24.7 Å². The number of aliphatic carboxylic acids is 1. The van der Waals surface area contributed by atoms with E-state index >= 15 is 0 Å². The highest BCUT2D eigenvalue weighted by atomic mass is 35.5. The molecule has 0 aromatic carbocycles. The van der Waals surface area contributed by atoms with Gasteiger partial charge in [0.15, 0.2) is 0 Å². The summed E-state index contributed by atoms with van der Waals surface area (Å²) in [4.78, 5) is 11.0. The number of alkyl halides is 1. The lowest BCUT2D eigenvalue weighted by molar-refractivity contribution is -0.145. The summed E-state index contributed by atoms with van der Waals surface area (Å²) in [6.07, 6.45) is 6.28. The molecule has 4 saturated carbocycles. The van der Waals surface area contributed by atoms with Crippen LogP contribution in [0.3, 0.4) is 0 Å². The van der Waals surface area contributed by atoms with Gasteiger partial charge in [-0.05, 0) is 55.3 Å². The minimum Gasteiger partial charge on any atom is -0.481 e. The Morgan fingerprint density at radius 1 is 1.27 bits per heavy atom. The van der Waals surface area contributed by atoms with Gasteiger partial charge < -0.3 is 5.11 Å². The van der Waals surface area contributed by atoms with Crippen LogP contribution in [0.5, 0.6) is 0 Å². The predicted molar refractivity (Wildman–Crippen MR) is 57.9 cm³/mol. The van der Waals surface area contributed by atoms with Gasteiger partial charge in [-0.15, -0.1) is 11.6 Å². The second kappa shape index (κ2) is 3.13. The van der Waals surface area contributed by atoms with E-state index in [1.54, 1.807) is 0 Å². The molecule has 0 spiro atoms. The number of carbonyl (C=O) groups is 1. The first-order valence-electron chi connectivity index (χ1n) is 5.95. The zero-order valence-corrected chi connectivity index (χ0v) is 9.54. The average molecular weight is 229 g/mol. The molecule has 3 unspecified atom stereocenters. The molecule has 0 radical (unpaired) electrons. The summed E-state index contributed by atoms with van der Waals surface area (Å²) in [6, 6.07) is 0. The molecule has 15 heavy (non-hydrogen) atoms. The summed E-state index contributed by atoms with van der Waals surface area (Å²) >= 11 is 6.51. The molecule has 84 valence electrons. The smallest absolute Gasteiger partial charge is 0.303 e. The fourth-order valence-corrected chi connectivity index (χ4v) is 5.15. The van der Waals surface area contributed by atoms with Crippen LogP contribution in [0.1, 0.15) is 38.5 Å². The maximum absolute atomic E-state index is 11.0. The molecule has 0 aliphatic heterocycles. The Labute approximate surface area is 95.0 Å². The van der Waals surface area contributed by atoms with Crippen molar-refractivity contribution in [2.75, 3.05) is 0 Å². The van der Waals surface area contributed by atoms with Crippen molar-refractivity contribution < 1.29 is 9.90 Å². The van der Waals surface area contributed by atoms with Gasteiger partial charge in [-0.2, -0.15) is 0 Å². The van der Waals surface area contributed by atoms with Crippen LogP contribution < -0.4 is 0 Å². The van der Waals surface area contributed by atoms with Gasteiger partial charge in [0.2, 0.25) is 0 Å². The monoisotopic (exact) mass is 228 g/mol. The van der Waals surface area contributed by atoms with Gasteiger partial charge in [0.25, 0.3) is 0 Å². The number of carboxylic acids is 1. The van der Waals surface area contributed by atoms with E-state index in [1.165, 1.54) is 19.3 Å². The number of rotatable bonds is 2. The summed E-state index contributed by atoms with van der Waals surface area (Å²) in [5.41, 5.74) is -0.0534. The molecule has 3 heteroatoms. The second-order valence-electron chi connectivity index (χ2n) is 5.94. The van der Waals surface area contributed by atoms with Crippen molar-refractivity contribution in [2.45, 2.75) is 43.9 Å². The Balaban J connectivity index is 1.90. The molecule has 4 aliphatic rings. The molecule has 0 saturated heterocycles. The van der Waals surface area contributed by atoms with Gasteiger partial charge in [0.05, 0.1) is 6.42 Å². The van der Waals surface area contributed by atoms with Crippen LogP contribution in [0.25, 0.3) is 0 Å². The lowest BCUT2D eigenvalue weighted by Gasteiger charge is -2.59. The van der Waals surface area contributed by atoms with E-state index in [4.69, 9.17) is 16.7 Å². The highest BCUT2D eigenvalue weighted by Gasteiger charge is 2.56. The highest BCUT2D eigenvalue weighted by Crippen LogP contribution is 2.62. The molecule has 0 aromatic heterocycles. The van der Waals surface area contributed by atoms with Crippen molar-refractivity contribution in [3.63, 3.8) is 0 Å². The van der Waals surface area contributed by atoms with Crippen molar-refractivity contribution in [1.29, 1.82) is 0 Å².